The van der Waals surface area contributed by atoms with E-state index in [-0.39, 0.29) is 23.2 Å². The van der Waals surface area contributed by atoms with Gasteiger partial charge in [0.2, 0.25) is 0 Å². The second-order valence-corrected chi connectivity index (χ2v) is 6.92. The highest BCUT2D eigenvalue weighted by atomic mass is 32.2. The van der Waals surface area contributed by atoms with Crippen LogP contribution in [0.15, 0.2) is 24.8 Å². The van der Waals surface area contributed by atoms with Crippen LogP contribution >= 0.6 is 0 Å². The van der Waals surface area contributed by atoms with Gasteiger partial charge in [-0.3, -0.25) is 4.79 Å². The van der Waals surface area contributed by atoms with Crippen molar-refractivity contribution in [2.75, 3.05) is 11.5 Å². The number of amides is 1. The smallest absolute Gasteiger partial charge is 0.272 e. The molecule has 110 valence electrons. The van der Waals surface area contributed by atoms with Gasteiger partial charge in [-0.25, -0.2) is 18.1 Å². The molecular weight excluding hydrogens is 296 g/mol. The number of carbonyl (C=O) groups excluding carboxylic acids is 1. The van der Waals surface area contributed by atoms with Gasteiger partial charge in [-0.1, -0.05) is 0 Å². The van der Waals surface area contributed by atoms with Gasteiger partial charge in [0.25, 0.3) is 5.91 Å². The third-order valence-electron chi connectivity index (χ3n) is 3.10. The third-order valence-corrected chi connectivity index (χ3v) is 4.87. The Balaban J connectivity index is 1.68. The highest BCUT2D eigenvalue weighted by Gasteiger charge is 2.29. The summed E-state index contributed by atoms with van der Waals surface area (Å²) in [6, 6.07) is 2.73. The second kappa shape index (κ2) is 5.20. The lowest BCUT2D eigenvalue weighted by Crippen LogP contribution is -2.36. The van der Waals surface area contributed by atoms with Gasteiger partial charge in [0.05, 0.1) is 11.5 Å². The number of carbonyl (C=O) groups is 1. The van der Waals surface area contributed by atoms with E-state index in [9.17, 15) is 13.2 Å². The summed E-state index contributed by atoms with van der Waals surface area (Å²) in [5.41, 5.74) is 0.128. The summed E-state index contributed by atoms with van der Waals surface area (Å²) in [6.07, 6.45) is 3.26. The maximum atomic E-state index is 12.0. The Bertz CT molecular complexity index is 741. The summed E-state index contributed by atoms with van der Waals surface area (Å²) in [5, 5.41) is 14.2. The Hall–Kier alpha value is -2.36. The quantitative estimate of drug-likeness (QED) is 0.770. The van der Waals surface area contributed by atoms with Gasteiger partial charge in [-0.05, 0) is 18.6 Å². The first kappa shape index (κ1) is 13.6. The van der Waals surface area contributed by atoms with Crippen LogP contribution in [0, 0.1) is 0 Å². The Morgan fingerprint density at radius 3 is 2.76 bits per heavy atom. The fraction of sp³-hybridized carbons (Fsp3) is 0.364. The molecule has 1 aliphatic heterocycles. The monoisotopic (exact) mass is 308 g/mol. The van der Waals surface area contributed by atoms with Gasteiger partial charge in [-0.15, -0.1) is 10.2 Å². The molecule has 0 aliphatic carbocycles. The van der Waals surface area contributed by atoms with Crippen LogP contribution in [0.5, 0.6) is 0 Å². The fourth-order valence-corrected chi connectivity index (χ4v) is 3.74. The molecule has 2 aromatic rings. The van der Waals surface area contributed by atoms with Crippen LogP contribution in [-0.2, 0) is 9.84 Å². The van der Waals surface area contributed by atoms with Gasteiger partial charge in [0.15, 0.2) is 21.3 Å². The van der Waals surface area contributed by atoms with Gasteiger partial charge in [0.1, 0.15) is 12.7 Å². The highest BCUT2D eigenvalue weighted by Crippen LogP contribution is 2.12. The van der Waals surface area contributed by atoms with Crippen molar-refractivity contribution in [2.24, 2.45) is 0 Å². The molecule has 1 aliphatic rings. The molecule has 0 radical (unpaired) electrons. The lowest BCUT2D eigenvalue weighted by molar-refractivity contribution is 0.0935. The van der Waals surface area contributed by atoms with Crippen molar-refractivity contribution in [3.63, 3.8) is 0 Å². The molecule has 0 saturated carbocycles. The topological polar surface area (TPSA) is 120 Å². The zero-order valence-corrected chi connectivity index (χ0v) is 11.7. The molecule has 0 aromatic carbocycles. The van der Waals surface area contributed by atoms with E-state index in [0.717, 1.165) is 0 Å². The van der Waals surface area contributed by atoms with Crippen molar-refractivity contribution >= 4 is 15.7 Å². The minimum Gasteiger partial charge on any atom is -0.347 e. The fourth-order valence-electron chi connectivity index (χ4n) is 2.06. The summed E-state index contributed by atoms with van der Waals surface area (Å²) in [7, 11) is -3.03. The average molecular weight is 308 g/mol. The van der Waals surface area contributed by atoms with E-state index in [1.165, 1.54) is 23.4 Å². The lowest BCUT2D eigenvalue weighted by atomic mass is 10.2. The van der Waals surface area contributed by atoms with E-state index in [2.05, 4.69) is 25.6 Å². The molecule has 0 bridgehead atoms. The summed E-state index contributed by atoms with van der Waals surface area (Å²) in [5.74, 6) is 0.0835. The average Bonchev–Trinajstić information content (AvgIpc) is 3.09. The maximum Gasteiger partial charge on any atom is 0.272 e. The summed E-state index contributed by atoms with van der Waals surface area (Å²) < 4.78 is 24.1. The normalized spacial score (nSPS) is 20.3. The van der Waals surface area contributed by atoms with Crippen molar-refractivity contribution in [1.82, 2.24) is 30.3 Å². The molecule has 1 atom stereocenters. The van der Waals surface area contributed by atoms with E-state index < -0.39 is 15.7 Å². The first-order valence-corrected chi connectivity index (χ1v) is 8.06. The number of nitrogens with one attached hydrogen (secondary N) is 1. The molecule has 1 saturated heterocycles. The van der Waals surface area contributed by atoms with Gasteiger partial charge in [-0.2, -0.15) is 5.10 Å². The number of hydrogen-bond acceptors (Lipinski definition) is 7. The molecule has 1 amide bonds. The second-order valence-electron chi connectivity index (χ2n) is 4.69. The molecule has 21 heavy (non-hydrogen) atoms. The van der Waals surface area contributed by atoms with Crippen molar-refractivity contribution in [3.05, 3.63) is 30.5 Å². The Morgan fingerprint density at radius 1 is 1.33 bits per heavy atom. The minimum atomic E-state index is -3.03. The van der Waals surface area contributed by atoms with Crippen LogP contribution in [0.1, 0.15) is 16.9 Å². The molecule has 0 unspecified atom stereocenters. The number of sulfone groups is 1. The van der Waals surface area contributed by atoms with Crippen molar-refractivity contribution < 1.29 is 13.2 Å². The van der Waals surface area contributed by atoms with Crippen LogP contribution in [-0.4, -0.2) is 56.8 Å². The molecule has 2 aromatic heterocycles. The maximum absolute atomic E-state index is 12.0. The summed E-state index contributed by atoms with van der Waals surface area (Å²) >= 11 is 0. The van der Waals surface area contributed by atoms with Gasteiger partial charge < -0.3 is 5.32 Å². The number of aromatic nitrogens is 5. The van der Waals surface area contributed by atoms with E-state index in [4.69, 9.17) is 0 Å². The zero-order chi connectivity index (χ0) is 14.9. The van der Waals surface area contributed by atoms with Crippen LogP contribution in [0.2, 0.25) is 0 Å². The van der Waals surface area contributed by atoms with Gasteiger partial charge in [0, 0.05) is 6.04 Å². The van der Waals surface area contributed by atoms with E-state index in [1.54, 1.807) is 6.07 Å². The predicted molar refractivity (Wildman–Crippen MR) is 71.5 cm³/mol. The van der Waals surface area contributed by atoms with Crippen molar-refractivity contribution in [1.29, 1.82) is 0 Å². The Kier molecular flexibility index (Phi) is 3.37. The standard InChI is InChI=1S/C11H12N6O3S/c18-11(14-8-3-4-21(19,20)5-8)9-1-2-10(16-15-9)17-7-12-6-13-17/h1-2,6-8H,3-5H2,(H,14,18)/t8-/m1/s1. The zero-order valence-electron chi connectivity index (χ0n) is 10.9. The first-order chi connectivity index (χ1) is 10.0. The number of nitrogens with zero attached hydrogens (tertiary/aromatic N) is 5. The van der Waals surface area contributed by atoms with E-state index >= 15 is 0 Å². The van der Waals surface area contributed by atoms with Crippen LogP contribution in [0.25, 0.3) is 5.82 Å². The predicted octanol–water partition coefficient (Wildman–Crippen LogP) is -1.03. The van der Waals surface area contributed by atoms with E-state index in [0.29, 0.717) is 12.2 Å². The molecule has 10 heteroatoms. The number of rotatable bonds is 3. The summed E-state index contributed by atoms with van der Waals surface area (Å²) in [6.45, 7) is 0. The Morgan fingerprint density at radius 2 is 2.19 bits per heavy atom. The summed E-state index contributed by atoms with van der Waals surface area (Å²) in [4.78, 5) is 15.8. The molecule has 1 N–H and O–H groups in total. The van der Waals surface area contributed by atoms with Crippen LogP contribution in [0.3, 0.4) is 0 Å². The van der Waals surface area contributed by atoms with Crippen molar-refractivity contribution in [2.45, 2.75) is 12.5 Å². The third kappa shape index (κ3) is 3.05. The molecule has 0 spiro atoms. The lowest BCUT2D eigenvalue weighted by Gasteiger charge is -2.09. The first-order valence-electron chi connectivity index (χ1n) is 6.23. The van der Waals surface area contributed by atoms with Gasteiger partial charge >= 0.3 is 0 Å². The molecule has 9 nitrogen and oxygen atoms in total. The van der Waals surface area contributed by atoms with Crippen molar-refractivity contribution in [3.8, 4) is 5.82 Å². The Labute approximate surface area is 120 Å². The number of hydrogen-bond donors (Lipinski definition) is 1. The molecular formula is C11H12N6O3S. The molecule has 1 fully saturated rings. The molecule has 3 rings (SSSR count). The SMILES string of the molecule is O=C(N[C@@H]1CCS(=O)(=O)C1)c1ccc(-n2cncn2)nn1. The highest BCUT2D eigenvalue weighted by molar-refractivity contribution is 7.91. The van der Waals surface area contributed by atoms with E-state index in [1.807, 2.05) is 0 Å². The largest absolute Gasteiger partial charge is 0.347 e. The molecule has 3 heterocycles. The van der Waals surface area contributed by atoms with Crippen LogP contribution in [0.4, 0.5) is 0 Å². The van der Waals surface area contributed by atoms with Crippen LogP contribution < -0.4 is 5.32 Å². The minimum absolute atomic E-state index is 0.0246.